The van der Waals surface area contributed by atoms with Gasteiger partial charge in [0.05, 0.1) is 5.39 Å². The number of aromatic hydroxyl groups is 1. The van der Waals surface area contributed by atoms with Crippen LogP contribution in [0.4, 0.5) is 0 Å². The molecular weight excluding hydrogens is 360 g/mol. The molecule has 0 fully saturated rings. The Morgan fingerprint density at radius 1 is 1.00 bits per heavy atom. The van der Waals surface area contributed by atoms with Crippen molar-refractivity contribution in [2.45, 2.75) is 31.8 Å². The summed E-state index contributed by atoms with van der Waals surface area (Å²) >= 11 is 0. The van der Waals surface area contributed by atoms with Gasteiger partial charge in [-0.25, -0.2) is 4.79 Å². The molecule has 0 radical (unpaired) electrons. The normalized spacial score (nSPS) is 14.5. The third-order valence-electron chi connectivity index (χ3n) is 4.90. The molecule has 6 heteroatoms. The van der Waals surface area contributed by atoms with Gasteiger partial charge in [-0.15, -0.1) is 0 Å². The molecule has 3 aromatic rings. The second kappa shape index (κ2) is 7.94. The second-order valence-corrected chi connectivity index (χ2v) is 6.96. The summed E-state index contributed by atoms with van der Waals surface area (Å²) in [7, 11) is 0. The topological polar surface area (TPSA) is 89.1 Å². The molecule has 4 rings (SSSR count). The van der Waals surface area contributed by atoms with Gasteiger partial charge >= 0.3 is 5.63 Å². The molecule has 0 aliphatic heterocycles. The van der Waals surface area contributed by atoms with Crippen LogP contribution in [-0.4, -0.2) is 29.5 Å². The van der Waals surface area contributed by atoms with Crippen LogP contribution in [0.2, 0.25) is 0 Å². The first-order chi connectivity index (χ1) is 13.6. The molecule has 1 aliphatic carbocycles. The molecule has 6 nitrogen and oxygen atoms in total. The first-order valence-corrected chi connectivity index (χ1v) is 9.42. The molecule has 1 aliphatic rings. The van der Waals surface area contributed by atoms with Crippen molar-refractivity contribution in [3.8, 4) is 17.2 Å². The van der Waals surface area contributed by atoms with E-state index in [1.54, 1.807) is 30.3 Å². The lowest BCUT2D eigenvalue weighted by Gasteiger charge is -2.19. The van der Waals surface area contributed by atoms with Crippen molar-refractivity contribution in [1.82, 2.24) is 0 Å². The number of aryl methyl sites for hydroxylation is 1. The molecule has 0 saturated carbocycles. The number of benzene rings is 2. The predicted octanol–water partition coefficient (Wildman–Crippen LogP) is 3.20. The van der Waals surface area contributed by atoms with E-state index in [1.165, 1.54) is 6.07 Å². The Bertz CT molecular complexity index is 1040. The smallest absolute Gasteiger partial charge is 0.339 e. The van der Waals surface area contributed by atoms with Gasteiger partial charge in [0.2, 0.25) is 0 Å². The van der Waals surface area contributed by atoms with Crippen molar-refractivity contribution in [2.75, 3.05) is 13.2 Å². The highest BCUT2D eigenvalue weighted by Crippen LogP contribution is 2.33. The van der Waals surface area contributed by atoms with E-state index in [0.717, 1.165) is 42.2 Å². The zero-order valence-electron chi connectivity index (χ0n) is 15.4. The fourth-order valence-electron chi connectivity index (χ4n) is 3.58. The lowest BCUT2D eigenvalue weighted by atomic mass is 9.90. The van der Waals surface area contributed by atoms with Crippen LogP contribution in [0.3, 0.4) is 0 Å². The molecule has 0 saturated heterocycles. The lowest BCUT2D eigenvalue weighted by Crippen LogP contribution is -2.25. The molecule has 0 bridgehead atoms. The Kier molecular flexibility index (Phi) is 5.21. The number of aliphatic hydroxyl groups excluding tert-OH is 1. The standard InChI is InChI=1S/C22H22O6/c23-14-5-3-6-16(11-14)26-12-15(24)13-27-19-9-4-10-20-21(19)17-7-1-2-8-18(17)22(25)28-20/h3-6,9-11,15,23-24H,1-2,7-8,12-13H2. The van der Waals surface area contributed by atoms with Crippen molar-refractivity contribution in [2.24, 2.45) is 0 Å². The van der Waals surface area contributed by atoms with Gasteiger partial charge in [-0.3, -0.25) is 0 Å². The van der Waals surface area contributed by atoms with E-state index in [4.69, 9.17) is 13.9 Å². The summed E-state index contributed by atoms with van der Waals surface area (Å²) in [5.74, 6) is 1.17. The second-order valence-electron chi connectivity index (χ2n) is 6.96. The molecule has 2 N–H and O–H groups in total. The zero-order chi connectivity index (χ0) is 19.5. The summed E-state index contributed by atoms with van der Waals surface area (Å²) < 4.78 is 16.8. The number of hydrogen-bond donors (Lipinski definition) is 2. The first-order valence-electron chi connectivity index (χ1n) is 9.42. The van der Waals surface area contributed by atoms with E-state index in [0.29, 0.717) is 17.1 Å². The number of phenols is 1. The van der Waals surface area contributed by atoms with Gasteiger partial charge in [0, 0.05) is 11.6 Å². The zero-order valence-corrected chi connectivity index (χ0v) is 15.4. The van der Waals surface area contributed by atoms with E-state index < -0.39 is 6.10 Å². The van der Waals surface area contributed by atoms with Crippen molar-refractivity contribution in [3.63, 3.8) is 0 Å². The fraction of sp³-hybridized carbons (Fsp3) is 0.318. The molecule has 1 atom stereocenters. The van der Waals surface area contributed by atoms with Gasteiger partial charge in [0.1, 0.15) is 42.1 Å². The molecule has 0 spiro atoms. The highest BCUT2D eigenvalue weighted by atomic mass is 16.5. The van der Waals surface area contributed by atoms with Crippen molar-refractivity contribution < 1.29 is 24.1 Å². The molecule has 0 amide bonds. The number of ether oxygens (including phenoxy) is 2. The third-order valence-corrected chi connectivity index (χ3v) is 4.90. The third kappa shape index (κ3) is 3.82. The number of phenolic OH excluding ortho intramolecular Hbond substituents is 1. The van der Waals surface area contributed by atoms with Crippen LogP contribution in [0.15, 0.2) is 51.7 Å². The van der Waals surface area contributed by atoms with Gasteiger partial charge < -0.3 is 24.1 Å². The van der Waals surface area contributed by atoms with E-state index >= 15 is 0 Å². The van der Waals surface area contributed by atoms with Gasteiger partial charge in [-0.2, -0.15) is 0 Å². The molecule has 28 heavy (non-hydrogen) atoms. The quantitative estimate of drug-likeness (QED) is 0.637. The lowest BCUT2D eigenvalue weighted by molar-refractivity contribution is 0.0630. The Morgan fingerprint density at radius 2 is 1.75 bits per heavy atom. The van der Waals surface area contributed by atoms with Crippen LogP contribution in [0.1, 0.15) is 24.0 Å². The van der Waals surface area contributed by atoms with Gasteiger partial charge in [0.25, 0.3) is 0 Å². The number of rotatable bonds is 6. The Balaban J connectivity index is 1.49. The van der Waals surface area contributed by atoms with Crippen LogP contribution in [0, 0.1) is 0 Å². The summed E-state index contributed by atoms with van der Waals surface area (Å²) in [6, 6.07) is 11.7. The van der Waals surface area contributed by atoms with Crippen LogP contribution < -0.4 is 15.1 Å². The Morgan fingerprint density at radius 3 is 2.57 bits per heavy atom. The van der Waals surface area contributed by atoms with Crippen LogP contribution in [0.5, 0.6) is 17.2 Å². The van der Waals surface area contributed by atoms with Gasteiger partial charge in [-0.05, 0) is 55.5 Å². The summed E-state index contributed by atoms with van der Waals surface area (Å²) in [5.41, 5.74) is 1.98. The average molecular weight is 382 g/mol. The summed E-state index contributed by atoms with van der Waals surface area (Å²) in [5, 5.41) is 20.5. The summed E-state index contributed by atoms with van der Waals surface area (Å²) in [6.07, 6.45) is 2.70. The average Bonchev–Trinajstić information content (AvgIpc) is 2.71. The van der Waals surface area contributed by atoms with Gasteiger partial charge in [0.15, 0.2) is 0 Å². The van der Waals surface area contributed by atoms with Crippen molar-refractivity contribution >= 4 is 11.0 Å². The van der Waals surface area contributed by atoms with Crippen molar-refractivity contribution in [1.29, 1.82) is 0 Å². The summed E-state index contributed by atoms with van der Waals surface area (Å²) in [6.45, 7) is 0.0627. The van der Waals surface area contributed by atoms with E-state index in [-0.39, 0.29) is 24.6 Å². The molecular formula is C22H22O6. The van der Waals surface area contributed by atoms with E-state index in [1.807, 2.05) is 6.07 Å². The van der Waals surface area contributed by atoms with E-state index in [9.17, 15) is 15.0 Å². The van der Waals surface area contributed by atoms with Crippen LogP contribution >= 0.6 is 0 Å². The van der Waals surface area contributed by atoms with Crippen molar-refractivity contribution in [3.05, 3.63) is 64.0 Å². The Labute approximate surface area is 162 Å². The molecule has 1 unspecified atom stereocenters. The predicted molar refractivity (Wildman–Crippen MR) is 104 cm³/mol. The Hall–Kier alpha value is -2.99. The molecule has 1 aromatic heterocycles. The SMILES string of the molecule is O=c1oc2cccc(OCC(O)COc3cccc(O)c3)c2c2c1CCCC2. The highest BCUT2D eigenvalue weighted by Gasteiger charge is 2.21. The molecule has 1 heterocycles. The molecule has 2 aromatic carbocycles. The fourth-order valence-corrected chi connectivity index (χ4v) is 3.58. The minimum Gasteiger partial charge on any atom is -0.508 e. The number of hydrogen-bond acceptors (Lipinski definition) is 6. The minimum atomic E-state index is -0.857. The maximum Gasteiger partial charge on any atom is 0.339 e. The maximum atomic E-state index is 12.2. The maximum absolute atomic E-state index is 12.2. The minimum absolute atomic E-state index is 0.0292. The summed E-state index contributed by atoms with van der Waals surface area (Å²) in [4.78, 5) is 12.2. The monoisotopic (exact) mass is 382 g/mol. The number of fused-ring (bicyclic) bond motifs is 3. The van der Waals surface area contributed by atoms with Crippen LogP contribution in [0.25, 0.3) is 11.0 Å². The van der Waals surface area contributed by atoms with E-state index in [2.05, 4.69) is 0 Å². The first kappa shape index (κ1) is 18.4. The number of aliphatic hydroxyl groups is 1. The molecule has 146 valence electrons. The van der Waals surface area contributed by atoms with Crippen LogP contribution in [-0.2, 0) is 12.8 Å². The largest absolute Gasteiger partial charge is 0.508 e. The van der Waals surface area contributed by atoms with Gasteiger partial charge in [-0.1, -0.05) is 12.1 Å². The highest BCUT2D eigenvalue weighted by molar-refractivity contribution is 5.87.